The van der Waals surface area contributed by atoms with Crippen molar-refractivity contribution in [2.75, 3.05) is 6.54 Å². The summed E-state index contributed by atoms with van der Waals surface area (Å²) in [6, 6.07) is 9.22. The van der Waals surface area contributed by atoms with Gasteiger partial charge in [0.25, 0.3) is 0 Å². The van der Waals surface area contributed by atoms with Gasteiger partial charge in [0, 0.05) is 24.4 Å². The molecule has 106 valence electrons. The number of hydrogen-bond acceptors (Lipinski definition) is 3. The maximum atomic E-state index is 5.94. The minimum atomic E-state index is 0.270. The molecule has 1 atom stereocenters. The van der Waals surface area contributed by atoms with Crippen molar-refractivity contribution in [3.8, 4) is 11.6 Å². The first-order chi connectivity index (χ1) is 9.60. The number of ether oxygens (including phenoxy) is 1. The summed E-state index contributed by atoms with van der Waals surface area (Å²) in [5.41, 5.74) is 1.12. The number of nitrogens with one attached hydrogen (secondary N) is 1. The van der Waals surface area contributed by atoms with Crippen LogP contribution in [0.1, 0.15) is 25.5 Å². The minimum Gasteiger partial charge on any atom is -0.439 e. The zero-order valence-electron chi connectivity index (χ0n) is 11.4. The van der Waals surface area contributed by atoms with Crippen molar-refractivity contribution in [1.29, 1.82) is 0 Å². The second-order valence-electron chi connectivity index (χ2n) is 4.39. The highest BCUT2D eigenvalue weighted by atomic mass is 35.5. The highest BCUT2D eigenvalue weighted by Crippen LogP contribution is 2.28. The van der Waals surface area contributed by atoms with Crippen molar-refractivity contribution in [3.05, 3.63) is 52.1 Å². The van der Waals surface area contributed by atoms with Crippen LogP contribution >= 0.6 is 23.2 Å². The van der Waals surface area contributed by atoms with Crippen LogP contribution in [0.5, 0.6) is 11.6 Å². The first-order valence-corrected chi connectivity index (χ1v) is 7.18. The fraction of sp³-hybridized carbons (Fsp3) is 0.267. The van der Waals surface area contributed by atoms with Gasteiger partial charge in [-0.15, -0.1) is 0 Å². The third-order valence-corrected chi connectivity index (χ3v) is 3.62. The number of rotatable bonds is 5. The van der Waals surface area contributed by atoms with Crippen LogP contribution in [-0.2, 0) is 0 Å². The Bertz CT molecular complexity index is 573. The number of benzene rings is 1. The highest BCUT2D eigenvalue weighted by Gasteiger charge is 2.06. The molecule has 0 aliphatic rings. The van der Waals surface area contributed by atoms with Gasteiger partial charge < -0.3 is 10.1 Å². The molecule has 2 aromatic rings. The van der Waals surface area contributed by atoms with E-state index in [-0.39, 0.29) is 6.04 Å². The van der Waals surface area contributed by atoms with Crippen molar-refractivity contribution in [2.45, 2.75) is 19.9 Å². The number of halogens is 2. The highest BCUT2D eigenvalue weighted by molar-refractivity contribution is 6.42. The van der Waals surface area contributed by atoms with Crippen LogP contribution in [0.4, 0.5) is 0 Å². The van der Waals surface area contributed by atoms with Gasteiger partial charge in [-0.1, -0.05) is 36.2 Å². The van der Waals surface area contributed by atoms with E-state index in [0.29, 0.717) is 21.7 Å². The molecule has 0 bridgehead atoms. The van der Waals surface area contributed by atoms with Crippen LogP contribution < -0.4 is 10.1 Å². The molecule has 1 unspecified atom stereocenters. The molecular formula is C15H16Cl2N2O. The number of pyridine rings is 1. The monoisotopic (exact) mass is 310 g/mol. The average molecular weight is 311 g/mol. The minimum absolute atomic E-state index is 0.270. The summed E-state index contributed by atoms with van der Waals surface area (Å²) < 4.78 is 5.63. The molecule has 3 nitrogen and oxygen atoms in total. The SMILES string of the molecule is CCNC(C)c1ccc(Oc2ccc(Cl)c(Cl)c2)nc1. The van der Waals surface area contributed by atoms with Crippen LogP contribution in [0.25, 0.3) is 0 Å². The fourth-order valence-corrected chi connectivity index (χ4v) is 2.08. The molecule has 2 rings (SSSR count). The van der Waals surface area contributed by atoms with E-state index in [1.54, 1.807) is 24.4 Å². The number of nitrogens with zero attached hydrogens (tertiary/aromatic N) is 1. The quantitative estimate of drug-likeness (QED) is 0.857. The van der Waals surface area contributed by atoms with E-state index in [9.17, 15) is 0 Å². The Hall–Kier alpha value is -1.29. The van der Waals surface area contributed by atoms with Gasteiger partial charge in [0.05, 0.1) is 10.0 Å². The first kappa shape index (κ1) is 15.1. The van der Waals surface area contributed by atoms with Gasteiger partial charge in [-0.3, -0.25) is 0 Å². The molecule has 0 aliphatic carbocycles. The third kappa shape index (κ3) is 3.85. The fourth-order valence-electron chi connectivity index (χ4n) is 1.79. The maximum absolute atomic E-state index is 5.94. The first-order valence-electron chi connectivity index (χ1n) is 6.42. The molecule has 0 radical (unpaired) electrons. The van der Waals surface area contributed by atoms with Gasteiger partial charge in [-0.2, -0.15) is 0 Å². The van der Waals surface area contributed by atoms with Crippen molar-refractivity contribution in [3.63, 3.8) is 0 Å². The molecule has 1 aromatic carbocycles. The Balaban J connectivity index is 2.08. The summed E-state index contributed by atoms with van der Waals surface area (Å²) >= 11 is 11.8. The van der Waals surface area contributed by atoms with E-state index in [2.05, 4.69) is 24.1 Å². The van der Waals surface area contributed by atoms with Gasteiger partial charge in [-0.05, 0) is 31.2 Å². The number of hydrogen-bond donors (Lipinski definition) is 1. The van der Waals surface area contributed by atoms with E-state index < -0.39 is 0 Å². The lowest BCUT2D eigenvalue weighted by molar-refractivity contribution is 0.461. The lowest BCUT2D eigenvalue weighted by atomic mass is 10.1. The van der Waals surface area contributed by atoms with Crippen LogP contribution in [0.3, 0.4) is 0 Å². The molecular weight excluding hydrogens is 295 g/mol. The molecule has 0 saturated carbocycles. The molecule has 1 heterocycles. The summed E-state index contributed by atoms with van der Waals surface area (Å²) in [7, 11) is 0. The van der Waals surface area contributed by atoms with E-state index in [4.69, 9.17) is 27.9 Å². The molecule has 1 N–H and O–H groups in total. The summed E-state index contributed by atoms with van der Waals surface area (Å²) in [6.07, 6.45) is 1.81. The Morgan fingerprint density at radius 2 is 2.00 bits per heavy atom. The van der Waals surface area contributed by atoms with Crippen LogP contribution in [0.15, 0.2) is 36.5 Å². The van der Waals surface area contributed by atoms with Crippen molar-refractivity contribution in [1.82, 2.24) is 10.3 Å². The summed E-state index contributed by atoms with van der Waals surface area (Å²) in [4.78, 5) is 4.29. The zero-order valence-corrected chi connectivity index (χ0v) is 12.9. The lowest BCUT2D eigenvalue weighted by Gasteiger charge is -2.12. The molecule has 0 fully saturated rings. The molecule has 0 spiro atoms. The Labute approximate surface area is 128 Å². The lowest BCUT2D eigenvalue weighted by Crippen LogP contribution is -2.17. The average Bonchev–Trinajstić information content (AvgIpc) is 2.44. The van der Waals surface area contributed by atoms with Crippen molar-refractivity contribution in [2.24, 2.45) is 0 Å². The van der Waals surface area contributed by atoms with Crippen molar-refractivity contribution >= 4 is 23.2 Å². The summed E-state index contributed by atoms with van der Waals surface area (Å²) in [6.45, 7) is 5.09. The molecule has 0 amide bonds. The summed E-state index contributed by atoms with van der Waals surface area (Å²) in [5, 5.41) is 4.29. The van der Waals surface area contributed by atoms with E-state index in [1.807, 2.05) is 12.1 Å². The Morgan fingerprint density at radius 3 is 2.60 bits per heavy atom. The predicted octanol–water partition coefficient (Wildman–Crippen LogP) is 4.85. The van der Waals surface area contributed by atoms with Gasteiger partial charge in [0.15, 0.2) is 0 Å². The van der Waals surface area contributed by atoms with E-state index in [0.717, 1.165) is 12.1 Å². The van der Waals surface area contributed by atoms with Gasteiger partial charge >= 0.3 is 0 Å². The predicted molar refractivity (Wildman–Crippen MR) is 82.9 cm³/mol. The largest absolute Gasteiger partial charge is 0.439 e. The van der Waals surface area contributed by atoms with Crippen LogP contribution in [0, 0.1) is 0 Å². The topological polar surface area (TPSA) is 34.1 Å². The van der Waals surface area contributed by atoms with E-state index in [1.165, 1.54) is 0 Å². The van der Waals surface area contributed by atoms with E-state index >= 15 is 0 Å². The summed E-state index contributed by atoms with van der Waals surface area (Å²) in [5.74, 6) is 1.13. The van der Waals surface area contributed by atoms with Crippen LogP contribution in [-0.4, -0.2) is 11.5 Å². The van der Waals surface area contributed by atoms with Gasteiger partial charge in [-0.25, -0.2) is 4.98 Å². The maximum Gasteiger partial charge on any atom is 0.219 e. The Kier molecular flexibility index (Phi) is 5.24. The molecule has 0 saturated heterocycles. The molecule has 5 heteroatoms. The third-order valence-electron chi connectivity index (χ3n) is 2.88. The van der Waals surface area contributed by atoms with Crippen LogP contribution in [0.2, 0.25) is 10.0 Å². The van der Waals surface area contributed by atoms with Gasteiger partial charge in [0.2, 0.25) is 5.88 Å². The second-order valence-corrected chi connectivity index (χ2v) is 5.20. The molecule has 1 aromatic heterocycles. The number of aromatic nitrogens is 1. The normalized spacial score (nSPS) is 12.2. The van der Waals surface area contributed by atoms with Gasteiger partial charge in [0.1, 0.15) is 5.75 Å². The molecule has 20 heavy (non-hydrogen) atoms. The van der Waals surface area contributed by atoms with Crippen molar-refractivity contribution < 1.29 is 4.74 Å². The smallest absolute Gasteiger partial charge is 0.219 e. The molecule has 0 aliphatic heterocycles. The zero-order chi connectivity index (χ0) is 14.5. The standard InChI is InChI=1S/C15H16Cl2N2O/c1-3-18-10(2)11-4-7-15(19-9-11)20-12-5-6-13(16)14(17)8-12/h4-10,18H,3H2,1-2H3. The second kappa shape index (κ2) is 6.93. The Morgan fingerprint density at radius 1 is 1.20 bits per heavy atom.